The summed E-state index contributed by atoms with van der Waals surface area (Å²) in [5, 5.41) is 10.4. The number of rotatable bonds is 10. The molecule has 158 valence electrons. The molecule has 1 unspecified atom stereocenters. The highest BCUT2D eigenvalue weighted by Gasteiger charge is 2.20. The van der Waals surface area contributed by atoms with Crippen LogP contribution >= 0.6 is 0 Å². The fourth-order valence-corrected chi connectivity index (χ4v) is 4.31. The SMILES string of the molecule is COc1cccc(CN(C)CC2CCCC2)c1OCC(O)CN1CCOCC1. The molecule has 1 saturated carbocycles. The number of para-hydroxylation sites is 1. The lowest BCUT2D eigenvalue weighted by Gasteiger charge is -2.28. The van der Waals surface area contributed by atoms with Gasteiger partial charge in [0.1, 0.15) is 12.7 Å². The summed E-state index contributed by atoms with van der Waals surface area (Å²) < 4.78 is 17.0. The maximum atomic E-state index is 10.4. The van der Waals surface area contributed by atoms with Crippen molar-refractivity contribution in [1.82, 2.24) is 9.80 Å². The zero-order chi connectivity index (χ0) is 19.8. The van der Waals surface area contributed by atoms with Crippen molar-refractivity contribution in [3.05, 3.63) is 23.8 Å². The number of morpholine rings is 1. The maximum absolute atomic E-state index is 10.4. The third-order valence-electron chi connectivity index (χ3n) is 5.76. The van der Waals surface area contributed by atoms with Gasteiger partial charge in [-0.25, -0.2) is 0 Å². The average molecular weight is 393 g/mol. The number of ether oxygens (including phenoxy) is 3. The summed E-state index contributed by atoms with van der Waals surface area (Å²) in [6, 6.07) is 6.02. The Morgan fingerprint density at radius 1 is 1.25 bits per heavy atom. The van der Waals surface area contributed by atoms with E-state index in [4.69, 9.17) is 14.2 Å². The fraction of sp³-hybridized carbons (Fsp3) is 0.727. The van der Waals surface area contributed by atoms with Crippen LogP contribution < -0.4 is 9.47 Å². The first-order chi connectivity index (χ1) is 13.7. The van der Waals surface area contributed by atoms with Crippen molar-refractivity contribution in [1.29, 1.82) is 0 Å². The molecule has 2 fully saturated rings. The van der Waals surface area contributed by atoms with E-state index in [1.165, 1.54) is 25.7 Å². The molecule has 0 spiro atoms. The van der Waals surface area contributed by atoms with Crippen LogP contribution in [-0.2, 0) is 11.3 Å². The summed E-state index contributed by atoms with van der Waals surface area (Å²) in [5.41, 5.74) is 1.11. The highest BCUT2D eigenvalue weighted by Crippen LogP contribution is 2.33. The smallest absolute Gasteiger partial charge is 0.165 e. The highest BCUT2D eigenvalue weighted by molar-refractivity contribution is 5.46. The molecule has 1 aromatic carbocycles. The predicted octanol–water partition coefficient (Wildman–Crippen LogP) is 2.39. The molecule has 0 bridgehead atoms. The van der Waals surface area contributed by atoms with Gasteiger partial charge in [-0.1, -0.05) is 25.0 Å². The molecule has 1 saturated heterocycles. The molecule has 2 aliphatic rings. The van der Waals surface area contributed by atoms with Crippen LogP contribution in [0, 0.1) is 5.92 Å². The molecule has 1 atom stereocenters. The molecule has 1 N–H and O–H groups in total. The lowest BCUT2D eigenvalue weighted by Crippen LogP contribution is -2.42. The number of aliphatic hydroxyl groups excluding tert-OH is 1. The van der Waals surface area contributed by atoms with Crippen LogP contribution in [0.4, 0.5) is 0 Å². The van der Waals surface area contributed by atoms with Gasteiger partial charge in [0.05, 0.1) is 20.3 Å². The molecule has 1 heterocycles. The van der Waals surface area contributed by atoms with Crippen molar-refractivity contribution in [2.75, 3.05) is 60.2 Å². The molecule has 0 aromatic heterocycles. The second-order valence-electron chi connectivity index (χ2n) is 8.17. The Kier molecular flexibility index (Phi) is 8.40. The molecule has 28 heavy (non-hydrogen) atoms. The van der Waals surface area contributed by atoms with Gasteiger partial charge in [0.15, 0.2) is 11.5 Å². The molecule has 0 radical (unpaired) electrons. The van der Waals surface area contributed by atoms with Gasteiger partial charge >= 0.3 is 0 Å². The van der Waals surface area contributed by atoms with Crippen molar-refractivity contribution in [2.45, 2.75) is 38.3 Å². The predicted molar refractivity (Wildman–Crippen MR) is 110 cm³/mol. The minimum absolute atomic E-state index is 0.261. The van der Waals surface area contributed by atoms with Crippen LogP contribution in [0.2, 0.25) is 0 Å². The largest absolute Gasteiger partial charge is 0.493 e. The molecule has 1 aromatic rings. The second kappa shape index (κ2) is 11.0. The topological polar surface area (TPSA) is 54.4 Å². The first-order valence-corrected chi connectivity index (χ1v) is 10.6. The van der Waals surface area contributed by atoms with E-state index in [9.17, 15) is 5.11 Å². The number of nitrogens with zero attached hydrogens (tertiary/aromatic N) is 2. The van der Waals surface area contributed by atoms with Crippen LogP contribution in [0.5, 0.6) is 11.5 Å². The van der Waals surface area contributed by atoms with Gasteiger partial charge in [-0.15, -0.1) is 0 Å². The van der Waals surface area contributed by atoms with Gasteiger partial charge in [-0.05, 0) is 31.9 Å². The zero-order valence-corrected chi connectivity index (χ0v) is 17.4. The number of β-amino-alcohol motifs (C(OH)–C–C–N with tert-alkyl or cyclic N) is 1. The van der Waals surface area contributed by atoms with E-state index in [1.807, 2.05) is 12.1 Å². The average Bonchev–Trinajstić information content (AvgIpc) is 3.20. The Balaban J connectivity index is 1.56. The van der Waals surface area contributed by atoms with Crippen molar-refractivity contribution in [2.24, 2.45) is 5.92 Å². The van der Waals surface area contributed by atoms with Gasteiger partial charge in [0.2, 0.25) is 0 Å². The molecule has 6 nitrogen and oxygen atoms in total. The standard InChI is InChI=1S/C22H36N2O4/c1-23(14-18-6-3-4-7-18)15-19-8-5-9-21(26-2)22(19)28-17-20(25)16-24-10-12-27-13-11-24/h5,8-9,18,20,25H,3-4,6-7,10-17H2,1-2H3. The summed E-state index contributed by atoms with van der Waals surface area (Å²) in [6.45, 7) is 6.01. The third-order valence-corrected chi connectivity index (χ3v) is 5.76. The van der Waals surface area contributed by atoms with Crippen molar-refractivity contribution in [3.63, 3.8) is 0 Å². The zero-order valence-electron chi connectivity index (χ0n) is 17.4. The van der Waals surface area contributed by atoms with E-state index in [2.05, 4.69) is 22.9 Å². The Hall–Kier alpha value is -1.34. The molecule has 3 rings (SSSR count). The summed E-state index contributed by atoms with van der Waals surface area (Å²) in [7, 11) is 3.84. The summed E-state index contributed by atoms with van der Waals surface area (Å²) in [6.07, 6.45) is 4.89. The van der Waals surface area contributed by atoms with Crippen LogP contribution in [0.15, 0.2) is 18.2 Å². The quantitative estimate of drug-likeness (QED) is 0.660. The molecule has 0 amide bonds. The number of aliphatic hydroxyl groups is 1. The molecular formula is C22H36N2O4. The number of methoxy groups -OCH3 is 1. The van der Waals surface area contributed by atoms with E-state index >= 15 is 0 Å². The molecule has 1 aliphatic heterocycles. The Labute approximate surface area is 169 Å². The first kappa shape index (κ1) is 21.4. The fourth-order valence-electron chi connectivity index (χ4n) is 4.31. The van der Waals surface area contributed by atoms with E-state index in [0.29, 0.717) is 6.54 Å². The van der Waals surface area contributed by atoms with Crippen LogP contribution in [0.1, 0.15) is 31.2 Å². The number of benzene rings is 1. The van der Waals surface area contributed by atoms with E-state index in [0.717, 1.165) is 62.4 Å². The Morgan fingerprint density at radius 2 is 2.00 bits per heavy atom. The lowest BCUT2D eigenvalue weighted by atomic mass is 10.1. The van der Waals surface area contributed by atoms with Gasteiger partial charge in [-0.2, -0.15) is 0 Å². The molecular weight excluding hydrogens is 356 g/mol. The first-order valence-electron chi connectivity index (χ1n) is 10.6. The summed E-state index contributed by atoms with van der Waals surface area (Å²) in [4.78, 5) is 4.60. The Bertz CT molecular complexity index is 586. The second-order valence-corrected chi connectivity index (χ2v) is 8.17. The van der Waals surface area contributed by atoms with Gasteiger partial charge in [-0.3, -0.25) is 4.90 Å². The van der Waals surface area contributed by atoms with Gasteiger partial charge in [0, 0.05) is 38.3 Å². The van der Waals surface area contributed by atoms with E-state index in [1.54, 1.807) is 7.11 Å². The van der Waals surface area contributed by atoms with Crippen LogP contribution in [0.25, 0.3) is 0 Å². The molecule has 6 heteroatoms. The minimum atomic E-state index is -0.535. The number of hydrogen-bond acceptors (Lipinski definition) is 6. The van der Waals surface area contributed by atoms with Crippen LogP contribution in [-0.4, -0.2) is 81.2 Å². The van der Waals surface area contributed by atoms with Crippen molar-refractivity contribution < 1.29 is 19.3 Å². The summed E-state index contributed by atoms with van der Waals surface area (Å²) in [5.74, 6) is 2.30. The maximum Gasteiger partial charge on any atom is 0.165 e. The summed E-state index contributed by atoms with van der Waals surface area (Å²) >= 11 is 0. The lowest BCUT2D eigenvalue weighted by molar-refractivity contribution is 0.00431. The number of hydrogen-bond donors (Lipinski definition) is 1. The van der Waals surface area contributed by atoms with Crippen molar-refractivity contribution in [3.8, 4) is 11.5 Å². The third kappa shape index (κ3) is 6.34. The van der Waals surface area contributed by atoms with E-state index in [-0.39, 0.29) is 6.61 Å². The molecule has 1 aliphatic carbocycles. The van der Waals surface area contributed by atoms with Crippen molar-refractivity contribution >= 4 is 0 Å². The Morgan fingerprint density at radius 3 is 2.71 bits per heavy atom. The van der Waals surface area contributed by atoms with Gasteiger partial charge in [0.25, 0.3) is 0 Å². The van der Waals surface area contributed by atoms with E-state index < -0.39 is 6.10 Å². The minimum Gasteiger partial charge on any atom is -0.493 e. The monoisotopic (exact) mass is 392 g/mol. The normalized spacial score (nSPS) is 19.9. The van der Waals surface area contributed by atoms with Crippen LogP contribution in [0.3, 0.4) is 0 Å². The van der Waals surface area contributed by atoms with Gasteiger partial charge < -0.3 is 24.2 Å². The highest BCUT2D eigenvalue weighted by atomic mass is 16.5.